The molecule has 24 heavy (non-hydrogen) atoms. The average molecular weight is 344 g/mol. The number of carbonyl (C=O) groups excluding carboxylic acids is 1. The molecule has 8 heteroatoms. The first-order chi connectivity index (χ1) is 11.6. The third kappa shape index (κ3) is 3.82. The summed E-state index contributed by atoms with van der Waals surface area (Å²) in [4.78, 5) is 15.9. The molecule has 0 radical (unpaired) electrons. The van der Waals surface area contributed by atoms with Crippen LogP contribution in [0, 0.1) is 5.82 Å². The summed E-state index contributed by atoms with van der Waals surface area (Å²) in [5.74, 6) is -0.103. The maximum absolute atomic E-state index is 13.1. The molecular formula is C16H11ClFN5O. The summed E-state index contributed by atoms with van der Waals surface area (Å²) in [5.41, 5.74) is 0.991. The summed E-state index contributed by atoms with van der Waals surface area (Å²) in [6, 6.07) is 10.8. The minimum atomic E-state index is -0.498. The molecule has 120 valence electrons. The number of hydrogen-bond donors (Lipinski definition) is 2. The normalized spacial score (nSPS) is 10.2. The van der Waals surface area contributed by atoms with Crippen molar-refractivity contribution in [2.24, 2.45) is 0 Å². The first-order valence-electron chi connectivity index (χ1n) is 6.89. The summed E-state index contributed by atoms with van der Waals surface area (Å²) in [5, 5.41) is 13.4. The second kappa shape index (κ2) is 7.01. The van der Waals surface area contributed by atoms with Gasteiger partial charge in [0.25, 0.3) is 5.91 Å². The van der Waals surface area contributed by atoms with Gasteiger partial charge in [-0.2, -0.15) is 0 Å². The molecule has 0 aliphatic carbocycles. The first kappa shape index (κ1) is 15.8. The van der Waals surface area contributed by atoms with Gasteiger partial charge in [0, 0.05) is 18.1 Å². The van der Waals surface area contributed by atoms with Gasteiger partial charge in [0.05, 0.1) is 10.6 Å². The first-order valence-corrected chi connectivity index (χ1v) is 7.27. The third-order valence-corrected chi connectivity index (χ3v) is 3.31. The Balaban J connectivity index is 1.67. The Morgan fingerprint density at radius 2 is 1.88 bits per heavy atom. The van der Waals surface area contributed by atoms with Crippen LogP contribution in [-0.4, -0.2) is 21.1 Å². The smallest absolute Gasteiger partial charge is 0.258 e. The number of aromatic nitrogens is 3. The van der Waals surface area contributed by atoms with Crippen molar-refractivity contribution >= 4 is 34.8 Å². The number of pyridine rings is 1. The van der Waals surface area contributed by atoms with Crippen LogP contribution in [0.15, 0.2) is 54.9 Å². The van der Waals surface area contributed by atoms with Crippen LogP contribution in [0.2, 0.25) is 5.02 Å². The monoisotopic (exact) mass is 343 g/mol. The molecule has 0 spiro atoms. The lowest BCUT2D eigenvalue weighted by Gasteiger charge is -2.07. The Hall–Kier alpha value is -3.06. The van der Waals surface area contributed by atoms with Gasteiger partial charge in [0.1, 0.15) is 5.82 Å². The molecule has 0 fully saturated rings. The Morgan fingerprint density at radius 1 is 1.08 bits per heavy atom. The lowest BCUT2D eigenvalue weighted by Crippen LogP contribution is -2.13. The topological polar surface area (TPSA) is 79.8 Å². The summed E-state index contributed by atoms with van der Waals surface area (Å²) >= 11 is 5.72. The van der Waals surface area contributed by atoms with E-state index in [1.165, 1.54) is 24.4 Å². The van der Waals surface area contributed by atoms with Crippen LogP contribution in [-0.2, 0) is 0 Å². The maximum atomic E-state index is 13.1. The van der Waals surface area contributed by atoms with Crippen LogP contribution in [0.4, 0.5) is 21.7 Å². The highest BCUT2D eigenvalue weighted by Gasteiger charge is 2.07. The molecule has 3 aromatic rings. The number of hydrogen-bond acceptors (Lipinski definition) is 5. The zero-order valence-corrected chi connectivity index (χ0v) is 13.0. The molecule has 0 aliphatic rings. The summed E-state index contributed by atoms with van der Waals surface area (Å²) in [6.45, 7) is 0. The lowest BCUT2D eigenvalue weighted by molar-refractivity contribution is 0.102. The molecule has 2 heterocycles. The van der Waals surface area contributed by atoms with Crippen molar-refractivity contribution in [3.63, 3.8) is 0 Å². The average Bonchev–Trinajstić information content (AvgIpc) is 2.61. The Labute approximate surface area is 141 Å². The van der Waals surface area contributed by atoms with E-state index in [1.807, 2.05) is 0 Å². The number of benzene rings is 1. The molecule has 3 rings (SSSR count). The molecule has 1 aromatic carbocycles. The van der Waals surface area contributed by atoms with Gasteiger partial charge in [-0.05, 0) is 42.5 Å². The standard InChI is InChI=1S/C16H11ClFN5O/c17-12-8-11(3-4-13(12)18)20-14-5-6-15(23-22-14)21-16(24)10-2-1-7-19-9-10/h1-9H,(H,20,22)(H,21,23,24). The Morgan fingerprint density at radius 3 is 2.54 bits per heavy atom. The fourth-order valence-electron chi connectivity index (χ4n) is 1.87. The zero-order valence-electron chi connectivity index (χ0n) is 12.2. The number of nitrogens with zero attached hydrogens (tertiary/aromatic N) is 3. The van der Waals surface area contributed by atoms with Crippen molar-refractivity contribution in [3.8, 4) is 0 Å². The summed E-state index contributed by atoms with van der Waals surface area (Å²) in [7, 11) is 0. The van der Waals surface area contributed by atoms with Gasteiger partial charge < -0.3 is 10.6 Å². The predicted octanol–water partition coefficient (Wildman–Crippen LogP) is 3.66. The molecule has 0 unspecified atom stereocenters. The molecule has 1 amide bonds. The quantitative estimate of drug-likeness (QED) is 0.755. The summed E-state index contributed by atoms with van der Waals surface area (Å²) < 4.78 is 13.1. The van der Waals surface area contributed by atoms with Crippen molar-refractivity contribution in [3.05, 3.63) is 71.3 Å². The second-order valence-electron chi connectivity index (χ2n) is 4.75. The molecular weight excluding hydrogens is 333 g/mol. The zero-order chi connectivity index (χ0) is 16.9. The van der Waals surface area contributed by atoms with Crippen LogP contribution < -0.4 is 10.6 Å². The Kier molecular flexibility index (Phi) is 4.62. The minimum Gasteiger partial charge on any atom is -0.339 e. The maximum Gasteiger partial charge on any atom is 0.258 e. The number of amides is 1. The van der Waals surface area contributed by atoms with Crippen molar-refractivity contribution < 1.29 is 9.18 Å². The highest BCUT2D eigenvalue weighted by Crippen LogP contribution is 2.22. The van der Waals surface area contributed by atoms with Gasteiger partial charge in [-0.25, -0.2) is 4.39 Å². The van der Waals surface area contributed by atoms with Crippen molar-refractivity contribution in [2.45, 2.75) is 0 Å². The molecule has 2 aromatic heterocycles. The lowest BCUT2D eigenvalue weighted by atomic mass is 10.3. The van der Waals surface area contributed by atoms with Gasteiger partial charge in [-0.3, -0.25) is 9.78 Å². The van der Waals surface area contributed by atoms with Crippen LogP contribution >= 0.6 is 11.6 Å². The molecule has 0 saturated carbocycles. The number of halogens is 2. The van der Waals surface area contributed by atoms with E-state index in [1.54, 1.807) is 30.5 Å². The van der Waals surface area contributed by atoms with Gasteiger partial charge in [-0.15, -0.1) is 10.2 Å². The van der Waals surface area contributed by atoms with E-state index in [-0.39, 0.29) is 10.9 Å². The molecule has 0 atom stereocenters. The number of nitrogens with one attached hydrogen (secondary N) is 2. The molecule has 0 saturated heterocycles. The number of rotatable bonds is 4. The van der Waals surface area contributed by atoms with Crippen molar-refractivity contribution in [1.29, 1.82) is 0 Å². The Bertz CT molecular complexity index is 858. The fourth-order valence-corrected chi connectivity index (χ4v) is 2.05. The number of anilines is 3. The number of carbonyl (C=O) groups is 1. The van der Waals surface area contributed by atoms with E-state index in [9.17, 15) is 9.18 Å². The minimum absolute atomic E-state index is 0.00770. The van der Waals surface area contributed by atoms with Crippen molar-refractivity contribution in [2.75, 3.05) is 10.6 Å². The van der Waals surface area contributed by atoms with E-state index in [4.69, 9.17) is 11.6 Å². The van der Waals surface area contributed by atoms with Gasteiger partial charge in [-0.1, -0.05) is 11.6 Å². The van der Waals surface area contributed by atoms with Crippen LogP contribution in [0.3, 0.4) is 0 Å². The molecule has 0 bridgehead atoms. The van der Waals surface area contributed by atoms with Gasteiger partial charge in [0.2, 0.25) is 0 Å². The van der Waals surface area contributed by atoms with Gasteiger partial charge >= 0.3 is 0 Å². The van der Waals surface area contributed by atoms with E-state index in [0.29, 0.717) is 22.9 Å². The predicted molar refractivity (Wildman–Crippen MR) is 88.9 cm³/mol. The highest BCUT2D eigenvalue weighted by atomic mass is 35.5. The van der Waals surface area contributed by atoms with E-state index < -0.39 is 5.82 Å². The van der Waals surface area contributed by atoms with E-state index in [0.717, 1.165) is 0 Å². The second-order valence-corrected chi connectivity index (χ2v) is 5.16. The highest BCUT2D eigenvalue weighted by molar-refractivity contribution is 6.31. The molecule has 6 nitrogen and oxygen atoms in total. The van der Waals surface area contributed by atoms with Crippen LogP contribution in [0.5, 0.6) is 0 Å². The third-order valence-electron chi connectivity index (χ3n) is 3.02. The van der Waals surface area contributed by atoms with E-state index >= 15 is 0 Å². The van der Waals surface area contributed by atoms with Crippen molar-refractivity contribution in [1.82, 2.24) is 15.2 Å². The van der Waals surface area contributed by atoms with Crippen LogP contribution in [0.1, 0.15) is 10.4 Å². The summed E-state index contributed by atoms with van der Waals surface area (Å²) in [6.07, 6.45) is 3.04. The largest absolute Gasteiger partial charge is 0.339 e. The molecule has 2 N–H and O–H groups in total. The molecule has 0 aliphatic heterocycles. The fraction of sp³-hybridized carbons (Fsp3) is 0. The van der Waals surface area contributed by atoms with Crippen LogP contribution in [0.25, 0.3) is 0 Å². The SMILES string of the molecule is O=C(Nc1ccc(Nc2ccc(F)c(Cl)c2)nn1)c1cccnc1. The van der Waals surface area contributed by atoms with E-state index in [2.05, 4.69) is 25.8 Å². The van der Waals surface area contributed by atoms with Gasteiger partial charge in [0.15, 0.2) is 11.6 Å².